The molecule has 1 atom stereocenters. The van der Waals surface area contributed by atoms with Crippen LogP contribution in [-0.4, -0.2) is 23.0 Å². The number of fused-ring (bicyclic) bond motifs is 1. The third kappa shape index (κ3) is 4.46. The normalized spacial score (nSPS) is 11.9. The lowest BCUT2D eigenvalue weighted by atomic mass is 10.1. The number of hydrogen-bond donors (Lipinski definition) is 1. The van der Waals surface area contributed by atoms with Gasteiger partial charge in [-0.2, -0.15) is 0 Å². The average Bonchev–Trinajstić information content (AvgIpc) is 3.05. The first-order chi connectivity index (χ1) is 12.5. The molecule has 0 saturated heterocycles. The molecule has 1 aromatic heterocycles. The Labute approximate surface area is 156 Å². The smallest absolute Gasteiger partial charge is 0.306 e. The van der Waals surface area contributed by atoms with Gasteiger partial charge in [-0.1, -0.05) is 31.2 Å². The molecular formula is C20H20N2O3S. The van der Waals surface area contributed by atoms with Crippen molar-refractivity contribution in [3.8, 4) is 0 Å². The predicted octanol–water partition coefficient (Wildman–Crippen LogP) is 4.17. The minimum atomic E-state index is -0.815. The molecule has 0 fully saturated rings. The molecule has 0 spiro atoms. The second kappa shape index (κ2) is 8.10. The maximum absolute atomic E-state index is 12.0. The van der Waals surface area contributed by atoms with Gasteiger partial charge in [0.25, 0.3) is 5.91 Å². The molecular weight excluding hydrogens is 348 g/mol. The van der Waals surface area contributed by atoms with Crippen LogP contribution in [0, 0.1) is 0 Å². The van der Waals surface area contributed by atoms with Gasteiger partial charge in [-0.15, -0.1) is 11.3 Å². The number of aromatic nitrogens is 1. The fourth-order valence-corrected chi connectivity index (χ4v) is 3.46. The largest absolute Gasteiger partial charge is 0.453 e. The summed E-state index contributed by atoms with van der Waals surface area (Å²) in [6.45, 7) is 3.25. The Hall–Kier alpha value is -2.73. The summed E-state index contributed by atoms with van der Waals surface area (Å²) in [5.74, 6) is -0.732. The number of benzene rings is 2. The molecule has 0 saturated carbocycles. The molecule has 0 aliphatic rings. The summed E-state index contributed by atoms with van der Waals surface area (Å²) in [6.07, 6.45) is 0.181. The van der Waals surface area contributed by atoms with E-state index in [0.29, 0.717) is 5.69 Å². The highest BCUT2D eigenvalue weighted by Gasteiger charge is 2.16. The first-order valence-electron chi connectivity index (χ1n) is 8.49. The van der Waals surface area contributed by atoms with E-state index in [9.17, 15) is 9.59 Å². The SMILES string of the molecule is CCC(=O)O[C@H](C)C(=O)Nc1ccc(Cc2nc3ccccc3s2)cc1. The highest BCUT2D eigenvalue weighted by atomic mass is 32.1. The quantitative estimate of drug-likeness (QED) is 0.663. The summed E-state index contributed by atoms with van der Waals surface area (Å²) in [5.41, 5.74) is 2.81. The summed E-state index contributed by atoms with van der Waals surface area (Å²) >= 11 is 1.69. The van der Waals surface area contributed by atoms with Crippen molar-refractivity contribution < 1.29 is 14.3 Å². The van der Waals surface area contributed by atoms with Crippen LogP contribution in [0.3, 0.4) is 0 Å². The van der Waals surface area contributed by atoms with Crippen LogP contribution in [0.5, 0.6) is 0 Å². The zero-order valence-corrected chi connectivity index (χ0v) is 15.5. The van der Waals surface area contributed by atoms with E-state index in [4.69, 9.17) is 4.74 Å². The molecule has 0 radical (unpaired) electrons. The number of nitrogens with one attached hydrogen (secondary N) is 1. The maximum atomic E-state index is 12.0. The number of carbonyl (C=O) groups excluding carboxylic acids is 2. The lowest BCUT2D eigenvalue weighted by molar-refractivity contribution is -0.152. The van der Waals surface area contributed by atoms with Gasteiger partial charge in [-0.05, 0) is 36.8 Å². The van der Waals surface area contributed by atoms with Gasteiger partial charge in [-0.3, -0.25) is 9.59 Å². The molecule has 0 aliphatic heterocycles. The van der Waals surface area contributed by atoms with Gasteiger partial charge in [0.2, 0.25) is 0 Å². The number of anilines is 1. The molecule has 1 amide bonds. The van der Waals surface area contributed by atoms with Crippen molar-refractivity contribution in [3.05, 3.63) is 59.1 Å². The minimum Gasteiger partial charge on any atom is -0.453 e. The van der Waals surface area contributed by atoms with Crippen molar-refractivity contribution in [2.45, 2.75) is 32.8 Å². The Balaban J connectivity index is 1.61. The number of ether oxygens (including phenoxy) is 1. The van der Waals surface area contributed by atoms with Crippen molar-refractivity contribution in [3.63, 3.8) is 0 Å². The number of amides is 1. The number of hydrogen-bond acceptors (Lipinski definition) is 5. The summed E-state index contributed by atoms with van der Waals surface area (Å²) in [6, 6.07) is 15.7. The van der Waals surface area contributed by atoms with Crippen LogP contribution in [-0.2, 0) is 20.7 Å². The Morgan fingerprint density at radius 1 is 1.15 bits per heavy atom. The topological polar surface area (TPSA) is 68.3 Å². The molecule has 5 nitrogen and oxygen atoms in total. The molecule has 1 N–H and O–H groups in total. The molecule has 26 heavy (non-hydrogen) atoms. The van der Waals surface area contributed by atoms with Crippen LogP contribution in [0.4, 0.5) is 5.69 Å². The highest BCUT2D eigenvalue weighted by Crippen LogP contribution is 2.24. The average molecular weight is 368 g/mol. The lowest BCUT2D eigenvalue weighted by Crippen LogP contribution is -2.29. The van der Waals surface area contributed by atoms with Gasteiger partial charge in [0.05, 0.1) is 15.2 Å². The minimum absolute atomic E-state index is 0.248. The first-order valence-corrected chi connectivity index (χ1v) is 9.30. The van der Waals surface area contributed by atoms with Crippen LogP contribution in [0.2, 0.25) is 0 Å². The van der Waals surface area contributed by atoms with E-state index in [1.165, 1.54) is 4.70 Å². The van der Waals surface area contributed by atoms with Gasteiger partial charge in [0.1, 0.15) is 0 Å². The molecule has 2 aromatic carbocycles. The van der Waals surface area contributed by atoms with E-state index in [1.807, 2.05) is 42.5 Å². The summed E-state index contributed by atoms with van der Waals surface area (Å²) in [5, 5.41) is 3.81. The van der Waals surface area contributed by atoms with E-state index in [1.54, 1.807) is 25.2 Å². The first kappa shape index (κ1) is 18.1. The van der Waals surface area contributed by atoms with E-state index in [2.05, 4.69) is 16.4 Å². The monoisotopic (exact) mass is 368 g/mol. The second-order valence-corrected chi connectivity index (χ2v) is 7.04. The predicted molar refractivity (Wildman–Crippen MR) is 103 cm³/mol. The van der Waals surface area contributed by atoms with E-state index < -0.39 is 6.10 Å². The summed E-state index contributed by atoms with van der Waals surface area (Å²) in [4.78, 5) is 27.9. The van der Waals surface area contributed by atoms with Crippen LogP contribution in [0.1, 0.15) is 30.8 Å². The van der Waals surface area contributed by atoms with Crippen molar-refractivity contribution in [1.29, 1.82) is 0 Å². The lowest BCUT2D eigenvalue weighted by Gasteiger charge is -2.13. The molecule has 134 valence electrons. The number of esters is 1. The molecule has 6 heteroatoms. The van der Waals surface area contributed by atoms with Crippen molar-refractivity contribution in [2.24, 2.45) is 0 Å². The Kier molecular flexibility index (Phi) is 5.63. The molecule has 3 rings (SSSR count). The molecule has 0 bridgehead atoms. The van der Waals surface area contributed by atoms with Crippen LogP contribution in [0.15, 0.2) is 48.5 Å². The van der Waals surface area contributed by atoms with Crippen LogP contribution < -0.4 is 5.32 Å². The number of nitrogens with zero attached hydrogens (tertiary/aromatic N) is 1. The molecule has 0 unspecified atom stereocenters. The standard InChI is InChI=1S/C20H20N2O3S/c1-3-19(23)25-13(2)20(24)21-15-10-8-14(9-11-15)12-18-22-16-6-4-5-7-17(16)26-18/h4-11,13H,3,12H2,1-2H3,(H,21,24)/t13-/m1/s1. The fraction of sp³-hybridized carbons (Fsp3) is 0.250. The molecule has 0 aliphatic carbocycles. The number of carbonyl (C=O) groups is 2. The van der Waals surface area contributed by atoms with Gasteiger partial charge in [-0.25, -0.2) is 4.98 Å². The van der Waals surface area contributed by atoms with E-state index in [-0.39, 0.29) is 18.3 Å². The molecule has 1 heterocycles. The summed E-state index contributed by atoms with van der Waals surface area (Å²) < 4.78 is 6.19. The van der Waals surface area contributed by atoms with E-state index in [0.717, 1.165) is 22.5 Å². The number of thiazole rings is 1. The number of para-hydroxylation sites is 1. The Morgan fingerprint density at radius 3 is 2.58 bits per heavy atom. The van der Waals surface area contributed by atoms with Gasteiger partial charge < -0.3 is 10.1 Å². The molecule has 3 aromatic rings. The Morgan fingerprint density at radius 2 is 1.88 bits per heavy atom. The highest BCUT2D eigenvalue weighted by molar-refractivity contribution is 7.18. The zero-order valence-electron chi connectivity index (χ0n) is 14.7. The third-order valence-electron chi connectivity index (χ3n) is 3.88. The van der Waals surface area contributed by atoms with Gasteiger partial charge >= 0.3 is 5.97 Å². The van der Waals surface area contributed by atoms with Crippen molar-refractivity contribution >= 4 is 39.1 Å². The van der Waals surface area contributed by atoms with Crippen LogP contribution >= 0.6 is 11.3 Å². The number of rotatable bonds is 6. The van der Waals surface area contributed by atoms with E-state index >= 15 is 0 Å². The zero-order chi connectivity index (χ0) is 18.5. The Bertz CT molecular complexity index is 885. The van der Waals surface area contributed by atoms with Gasteiger partial charge in [0.15, 0.2) is 6.10 Å². The fourth-order valence-electron chi connectivity index (χ4n) is 2.45. The maximum Gasteiger partial charge on any atom is 0.306 e. The van der Waals surface area contributed by atoms with Crippen LogP contribution in [0.25, 0.3) is 10.2 Å². The third-order valence-corrected chi connectivity index (χ3v) is 4.92. The summed E-state index contributed by atoms with van der Waals surface area (Å²) in [7, 11) is 0. The van der Waals surface area contributed by atoms with Gasteiger partial charge in [0, 0.05) is 18.5 Å². The van der Waals surface area contributed by atoms with Crippen molar-refractivity contribution in [1.82, 2.24) is 4.98 Å². The van der Waals surface area contributed by atoms with Crippen molar-refractivity contribution in [2.75, 3.05) is 5.32 Å². The second-order valence-electron chi connectivity index (χ2n) is 5.92.